The Bertz CT molecular complexity index is 1320. The molecule has 12 heteroatoms. The van der Waals surface area contributed by atoms with Crippen molar-refractivity contribution < 1.29 is 5.11 Å². The maximum absolute atomic E-state index is 9.86. The molecule has 9 nitrogen and oxygen atoms in total. The number of hydrogen-bond acceptors (Lipinski definition) is 8. The molecule has 0 aliphatic carbocycles. The molecule has 0 atom stereocenters. The third-order valence-corrected chi connectivity index (χ3v) is 5.80. The van der Waals surface area contributed by atoms with Gasteiger partial charge in [-0.25, -0.2) is 10.1 Å². The Balaban J connectivity index is 1.65. The van der Waals surface area contributed by atoms with E-state index in [1.165, 1.54) is 0 Å². The van der Waals surface area contributed by atoms with Crippen molar-refractivity contribution in [2.75, 3.05) is 10.7 Å². The van der Waals surface area contributed by atoms with Crippen molar-refractivity contribution >= 4 is 67.3 Å². The molecule has 0 amide bonds. The number of hydrazone groups is 1. The number of aryl methyl sites for hydroxylation is 2. The Morgan fingerprint density at radius 1 is 1.00 bits per heavy atom. The minimum atomic E-state index is 0.116. The van der Waals surface area contributed by atoms with E-state index in [0.717, 1.165) is 22.6 Å². The van der Waals surface area contributed by atoms with E-state index in [0.29, 0.717) is 25.9 Å². The van der Waals surface area contributed by atoms with Crippen LogP contribution in [0.3, 0.4) is 0 Å². The molecule has 2 heterocycles. The van der Waals surface area contributed by atoms with Gasteiger partial charge in [0.05, 0.1) is 20.9 Å². The van der Waals surface area contributed by atoms with E-state index in [9.17, 15) is 5.11 Å². The minimum Gasteiger partial charge on any atom is -0.506 e. The van der Waals surface area contributed by atoms with Gasteiger partial charge in [-0.05, 0) is 93.7 Å². The van der Waals surface area contributed by atoms with Crippen molar-refractivity contribution in [3.05, 3.63) is 73.4 Å². The number of anilines is 3. The van der Waals surface area contributed by atoms with Gasteiger partial charge in [-0.15, -0.1) is 0 Å². The Kier molecular flexibility index (Phi) is 6.91. The Morgan fingerprint density at radius 3 is 2.30 bits per heavy atom. The number of halogens is 3. The second kappa shape index (κ2) is 9.86. The summed E-state index contributed by atoms with van der Waals surface area (Å²) in [5.41, 5.74) is 6.06. The summed E-state index contributed by atoms with van der Waals surface area (Å²) in [7, 11) is 0. The molecule has 0 bridgehead atoms. The van der Waals surface area contributed by atoms with Crippen LogP contribution >= 0.6 is 43.5 Å². The fourth-order valence-corrected chi connectivity index (χ4v) is 4.23. The number of nitrogens with zero attached hydrogens (tertiary/aromatic N) is 6. The number of phenols is 1. The molecule has 0 aliphatic rings. The number of aromatic hydroxyl groups is 1. The highest BCUT2D eigenvalue weighted by Crippen LogP contribution is 2.32. The zero-order chi connectivity index (χ0) is 23.5. The maximum atomic E-state index is 9.86. The molecule has 0 saturated heterocycles. The summed E-state index contributed by atoms with van der Waals surface area (Å²) in [5.74, 6) is 0.977. The first kappa shape index (κ1) is 23.1. The normalized spacial score (nSPS) is 11.2. The molecular weight excluding hydrogens is 576 g/mol. The average Bonchev–Trinajstić information content (AvgIpc) is 3.11. The Morgan fingerprint density at radius 2 is 1.67 bits per heavy atom. The van der Waals surface area contributed by atoms with Gasteiger partial charge < -0.3 is 10.4 Å². The quantitative estimate of drug-likeness (QED) is 0.193. The molecule has 2 aromatic carbocycles. The molecule has 0 radical (unpaired) electrons. The number of nitrogens with one attached hydrogen (secondary N) is 2. The summed E-state index contributed by atoms with van der Waals surface area (Å²) in [4.78, 5) is 13.3. The third-order valence-electron chi connectivity index (χ3n) is 4.34. The zero-order valence-electron chi connectivity index (χ0n) is 17.4. The van der Waals surface area contributed by atoms with Crippen LogP contribution < -0.4 is 10.7 Å². The summed E-state index contributed by atoms with van der Waals surface area (Å²) in [6, 6.07) is 12.6. The molecule has 0 fully saturated rings. The molecule has 0 spiro atoms. The molecule has 2 aromatic heterocycles. The van der Waals surface area contributed by atoms with Crippen LogP contribution in [-0.2, 0) is 0 Å². The van der Waals surface area contributed by atoms with E-state index in [4.69, 9.17) is 11.6 Å². The van der Waals surface area contributed by atoms with Crippen LogP contribution in [0.4, 0.5) is 17.6 Å². The Hall–Kier alpha value is -3.02. The van der Waals surface area contributed by atoms with Gasteiger partial charge >= 0.3 is 0 Å². The molecule has 0 saturated carbocycles. The van der Waals surface area contributed by atoms with Crippen LogP contribution in [0.1, 0.15) is 17.0 Å². The number of benzene rings is 2. The molecule has 0 aliphatic heterocycles. The summed E-state index contributed by atoms with van der Waals surface area (Å²) >= 11 is 12.6. The van der Waals surface area contributed by atoms with Gasteiger partial charge in [0.2, 0.25) is 11.9 Å². The first-order valence-corrected chi connectivity index (χ1v) is 11.5. The van der Waals surface area contributed by atoms with Crippen molar-refractivity contribution in [1.82, 2.24) is 24.7 Å². The average molecular weight is 593 g/mol. The largest absolute Gasteiger partial charge is 0.506 e. The topological polar surface area (TPSA) is 113 Å². The molecule has 0 unspecified atom stereocenters. The molecule has 3 N–H and O–H groups in total. The highest BCUT2D eigenvalue weighted by Gasteiger charge is 2.12. The van der Waals surface area contributed by atoms with Crippen LogP contribution in [0.2, 0.25) is 5.02 Å². The zero-order valence-corrected chi connectivity index (χ0v) is 21.3. The van der Waals surface area contributed by atoms with Gasteiger partial charge in [0, 0.05) is 16.4 Å². The summed E-state index contributed by atoms with van der Waals surface area (Å²) in [6.45, 7) is 3.82. The fraction of sp³-hybridized carbons (Fsp3) is 0.0952. The molecular formula is C21H17Br2ClN8O. The molecule has 33 heavy (non-hydrogen) atoms. The Labute approximate surface area is 211 Å². The SMILES string of the molecule is Cc1cc(C)n(-c2nc(NN=Cc3cc(Br)c(O)c(Br)c3)nc(Nc3ccc(Cl)cc3)n2)n1. The maximum Gasteiger partial charge on any atom is 0.257 e. The predicted molar refractivity (Wildman–Crippen MR) is 136 cm³/mol. The van der Waals surface area contributed by atoms with E-state index < -0.39 is 0 Å². The monoisotopic (exact) mass is 590 g/mol. The van der Waals surface area contributed by atoms with Gasteiger partial charge in [-0.2, -0.15) is 25.2 Å². The number of hydrogen-bond donors (Lipinski definition) is 3. The van der Waals surface area contributed by atoms with Crippen LogP contribution in [0.5, 0.6) is 5.75 Å². The van der Waals surface area contributed by atoms with Gasteiger partial charge in [-0.1, -0.05) is 11.6 Å². The lowest BCUT2D eigenvalue weighted by atomic mass is 10.2. The summed E-state index contributed by atoms with van der Waals surface area (Å²) in [6.07, 6.45) is 1.58. The van der Waals surface area contributed by atoms with Crippen molar-refractivity contribution in [1.29, 1.82) is 0 Å². The highest BCUT2D eigenvalue weighted by atomic mass is 79.9. The smallest absolute Gasteiger partial charge is 0.257 e. The number of rotatable bonds is 6. The van der Waals surface area contributed by atoms with E-state index in [2.05, 4.69) is 67.8 Å². The highest BCUT2D eigenvalue weighted by molar-refractivity contribution is 9.11. The van der Waals surface area contributed by atoms with Crippen molar-refractivity contribution in [2.45, 2.75) is 13.8 Å². The first-order chi connectivity index (χ1) is 15.8. The fourth-order valence-electron chi connectivity index (χ4n) is 2.88. The van der Waals surface area contributed by atoms with Crippen molar-refractivity contribution in [3.8, 4) is 11.7 Å². The number of aromatic nitrogens is 5. The summed E-state index contributed by atoms with van der Waals surface area (Å²) < 4.78 is 2.71. The third kappa shape index (κ3) is 5.67. The predicted octanol–water partition coefficient (Wildman–Crippen LogP) is 5.75. The van der Waals surface area contributed by atoms with Gasteiger partial charge in [-0.3, -0.25) is 0 Å². The van der Waals surface area contributed by atoms with E-state index in [1.54, 1.807) is 35.2 Å². The standard InChI is InChI=1S/C21H17Br2ClN8O/c1-11-7-12(2)32(31-11)21-28-19(26-15-5-3-14(24)4-6-15)27-20(29-21)30-25-10-13-8-16(22)18(33)17(23)9-13/h3-10,33H,1-2H3,(H2,26,27,28,29,30). The van der Waals surface area contributed by atoms with E-state index >= 15 is 0 Å². The number of phenolic OH excluding ortho intramolecular Hbond substituents is 1. The lowest BCUT2D eigenvalue weighted by Gasteiger charge is -2.09. The van der Waals surface area contributed by atoms with Crippen LogP contribution in [0.25, 0.3) is 5.95 Å². The molecule has 4 rings (SSSR count). The molecule has 168 valence electrons. The van der Waals surface area contributed by atoms with Crippen LogP contribution in [0.15, 0.2) is 56.5 Å². The molecule has 4 aromatic rings. The van der Waals surface area contributed by atoms with Gasteiger partial charge in [0.15, 0.2) is 0 Å². The van der Waals surface area contributed by atoms with Crippen LogP contribution in [-0.4, -0.2) is 36.1 Å². The lowest BCUT2D eigenvalue weighted by Crippen LogP contribution is -2.11. The van der Waals surface area contributed by atoms with Gasteiger partial charge in [0.1, 0.15) is 5.75 Å². The minimum absolute atomic E-state index is 0.116. The summed E-state index contributed by atoms with van der Waals surface area (Å²) in [5, 5.41) is 22.3. The van der Waals surface area contributed by atoms with Crippen LogP contribution in [0, 0.1) is 13.8 Å². The van der Waals surface area contributed by atoms with Gasteiger partial charge in [0.25, 0.3) is 5.95 Å². The van der Waals surface area contributed by atoms with E-state index in [-0.39, 0.29) is 11.7 Å². The second-order valence-electron chi connectivity index (χ2n) is 6.96. The lowest BCUT2D eigenvalue weighted by molar-refractivity contribution is 0.468. The second-order valence-corrected chi connectivity index (χ2v) is 9.10. The van der Waals surface area contributed by atoms with Crippen molar-refractivity contribution in [3.63, 3.8) is 0 Å². The first-order valence-electron chi connectivity index (χ1n) is 9.58. The van der Waals surface area contributed by atoms with Crippen molar-refractivity contribution in [2.24, 2.45) is 5.10 Å². The van der Waals surface area contributed by atoms with E-state index in [1.807, 2.05) is 32.0 Å².